The molecule has 0 aromatic heterocycles. The van der Waals surface area contributed by atoms with Gasteiger partial charge < -0.3 is 15.4 Å². The second-order valence-corrected chi connectivity index (χ2v) is 8.11. The third-order valence-electron chi connectivity index (χ3n) is 3.91. The first-order valence-electron chi connectivity index (χ1n) is 8.03. The predicted molar refractivity (Wildman–Crippen MR) is 91.5 cm³/mol. The number of amides is 2. The molecule has 0 bridgehead atoms. The number of urea groups is 1. The molecule has 2 rings (SSSR count). The molecule has 1 saturated heterocycles. The summed E-state index contributed by atoms with van der Waals surface area (Å²) in [6.45, 7) is 7.07. The SMILES string of the molecule is Cc1cc(S(=O)(=O)N2CCCN(C(N)=O)CC2)ccc1OC(C)C. The van der Waals surface area contributed by atoms with Gasteiger partial charge in [0.05, 0.1) is 11.0 Å². The van der Waals surface area contributed by atoms with Gasteiger partial charge in [0, 0.05) is 26.2 Å². The average Bonchev–Trinajstić information content (AvgIpc) is 2.75. The molecule has 7 nitrogen and oxygen atoms in total. The number of carbonyl (C=O) groups is 1. The van der Waals surface area contributed by atoms with E-state index in [0.29, 0.717) is 31.8 Å². The lowest BCUT2D eigenvalue weighted by atomic mass is 10.2. The Morgan fingerprint density at radius 2 is 1.92 bits per heavy atom. The van der Waals surface area contributed by atoms with Gasteiger partial charge in [-0.05, 0) is 51.0 Å². The highest BCUT2D eigenvalue weighted by atomic mass is 32.2. The molecule has 8 heteroatoms. The van der Waals surface area contributed by atoms with E-state index in [1.54, 1.807) is 18.2 Å². The molecule has 0 aliphatic carbocycles. The number of hydrogen-bond donors (Lipinski definition) is 1. The van der Waals surface area contributed by atoms with E-state index in [4.69, 9.17) is 10.5 Å². The van der Waals surface area contributed by atoms with Gasteiger partial charge >= 0.3 is 6.03 Å². The smallest absolute Gasteiger partial charge is 0.314 e. The largest absolute Gasteiger partial charge is 0.491 e. The molecule has 0 spiro atoms. The highest BCUT2D eigenvalue weighted by Gasteiger charge is 2.28. The zero-order chi connectivity index (χ0) is 17.9. The van der Waals surface area contributed by atoms with Crippen molar-refractivity contribution in [2.75, 3.05) is 26.2 Å². The Bertz CT molecular complexity index is 703. The highest BCUT2D eigenvalue weighted by molar-refractivity contribution is 7.89. The maximum atomic E-state index is 12.9. The molecule has 0 saturated carbocycles. The minimum atomic E-state index is -3.60. The van der Waals surface area contributed by atoms with E-state index in [-0.39, 0.29) is 17.5 Å². The van der Waals surface area contributed by atoms with E-state index in [1.165, 1.54) is 9.21 Å². The van der Waals surface area contributed by atoms with Gasteiger partial charge in [-0.25, -0.2) is 13.2 Å². The molecule has 1 aromatic rings. The van der Waals surface area contributed by atoms with Gasteiger partial charge in [-0.15, -0.1) is 0 Å². The summed E-state index contributed by atoms with van der Waals surface area (Å²) in [5, 5.41) is 0. The number of rotatable bonds is 4. The second kappa shape index (κ2) is 7.40. The highest BCUT2D eigenvalue weighted by Crippen LogP contribution is 2.25. The fraction of sp³-hybridized carbons (Fsp3) is 0.562. The van der Waals surface area contributed by atoms with Crippen molar-refractivity contribution in [3.8, 4) is 5.75 Å². The van der Waals surface area contributed by atoms with Gasteiger partial charge in [-0.3, -0.25) is 0 Å². The third-order valence-corrected chi connectivity index (χ3v) is 5.81. The van der Waals surface area contributed by atoms with Gasteiger partial charge in [-0.2, -0.15) is 4.31 Å². The molecule has 134 valence electrons. The van der Waals surface area contributed by atoms with Crippen LogP contribution in [0.15, 0.2) is 23.1 Å². The fourth-order valence-corrected chi connectivity index (χ4v) is 4.23. The minimum absolute atomic E-state index is 0.0246. The molecule has 1 aromatic carbocycles. The van der Waals surface area contributed by atoms with Crippen molar-refractivity contribution >= 4 is 16.1 Å². The van der Waals surface area contributed by atoms with E-state index in [0.717, 1.165) is 5.56 Å². The van der Waals surface area contributed by atoms with Gasteiger partial charge in [0.2, 0.25) is 10.0 Å². The molecule has 2 amide bonds. The summed E-state index contributed by atoms with van der Waals surface area (Å²) in [4.78, 5) is 13.0. The quantitative estimate of drug-likeness (QED) is 0.887. The number of aryl methyl sites for hydroxylation is 1. The Morgan fingerprint density at radius 3 is 2.50 bits per heavy atom. The summed E-state index contributed by atoms with van der Waals surface area (Å²) < 4.78 is 32.8. The van der Waals surface area contributed by atoms with E-state index in [1.807, 2.05) is 20.8 Å². The first-order valence-corrected chi connectivity index (χ1v) is 9.47. The van der Waals surface area contributed by atoms with E-state index in [9.17, 15) is 13.2 Å². The van der Waals surface area contributed by atoms with Crippen molar-refractivity contribution < 1.29 is 17.9 Å². The Morgan fingerprint density at radius 1 is 1.21 bits per heavy atom. The summed E-state index contributed by atoms with van der Waals surface area (Å²) in [7, 11) is -3.60. The molecule has 0 unspecified atom stereocenters. The number of hydrogen-bond acceptors (Lipinski definition) is 4. The van der Waals surface area contributed by atoms with Crippen molar-refractivity contribution in [3.05, 3.63) is 23.8 Å². The van der Waals surface area contributed by atoms with Gasteiger partial charge in [0.15, 0.2) is 0 Å². The lowest BCUT2D eigenvalue weighted by Gasteiger charge is -2.21. The molecule has 0 atom stereocenters. The van der Waals surface area contributed by atoms with Crippen LogP contribution in [0.3, 0.4) is 0 Å². The van der Waals surface area contributed by atoms with Crippen LogP contribution in [0.4, 0.5) is 4.79 Å². The van der Waals surface area contributed by atoms with Crippen LogP contribution in [0, 0.1) is 6.92 Å². The van der Waals surface area contributed by atoms with Crippen LogP contribution < -0.4 is 10.5 Å². The van der Waals surface area contributed by atoms with Crippen LogP contribution in [0.1, 0.15) is 25.8 Å². The van der Waals surface area contributed by atoms with Crippen molar-refractivity contribution in [1.29, 1.82) is 0 Å². The summed E-state index contributed by atoms with van der Waals surface area (Å²) in [6, 6.07) is 4.37. The standard InChI is InChI=1S/C16H25N3O4S/c1-12(2)23-15-6-5-14(11-13(15)3)24(21,22)19-8-4-7-18(9-10-19)16(17)20/h5-6,11-12H,4,7-10H2,1-3H3,(H2,17,20). The first-order chi connectivity index (χ1) is 11.2. The zero-order valence-corrected chi connectivity index (χ0v) is 15.2. The Labute approximate surface area is 143 Å². The van der Waals surface area contributed by atoms with E-state index >= 15 is 0 Å². The number of nitrogens with zero attached hydrogens (tertiary/aromatic N) is 2. The van der Waals surface area contributed by atoms with Crippen molar-refractivity contribution in [2.45, 2.75) is 38.2 Å². The minimum Gasteiger partial charge on any atom is -0.491 e. The Balaban J connectivity index is 2.21. The summed E-state index contributed by atoms with van der Waals surface area (Å²) in [5.74, 6) is 0.680. The average molecular weight is 355 g/mol. The topological polar surface area (TPSA) is 92.9 Å². The normalized spacial score (nSPS) is 16.9. The molecule has 1 aliphatic heterocycles. The number of nitrogens with two attached hydrogens (primary N) is 1. The molecule has 1 heterocycles. The van der Waals surface area contributed by atoms with Crippen molar-refractivity contribution in [1.82, 2.24) is 9.21 Å². The maximum Gasteiger partial charge on any atom is 0.314 e. The van der Waals surface area contributed by atoms with Crippen LogP contribution in [0.2, 0.25) is 0 Å². The molecule has 1 fully saturated rings. The zero-order valence-electron chi connectivity index (χ0n) is 14.4. The van der Waals surface area contributed by atoms with E-state index in [2.05, 4.69) is 0 Å². The summed E-state index contributed by atoms with van der Waals surface area (Å²) in [6.07, 6.45) is 0.590. The lowest BCUT2D eigenvalue weighted by Crippen LogP contribution is -2.39. The van der Waals surface area contributed by atoms with Crippen molar-refractivity contribution in [3.63, 3.8) is 0 Å². The van der Waals surface area contributed by atoms with E-state index < -0.39 is 16.1 Å². The predicted octanol–water partition coefficient (Wildman–Crippen LogP) is 1.56. The molecular weight excluding hydrogens is 330 g/mol. The number of carbonyl (C=O) groups excluding carboxylic acids is 1. The molecular formula is C16H25N3O4S. The van der Waals surface area contributed by atoms with Gasteiger partial charge in [0.1, 0.15) is 5.75 Å². The van der Waals surface area contributed by atoms with Crippen LogP contribution in [0.25, 0.3) is 0 Å². The summed E-state index contributed by atoms with van der Waals surface area (Å²) in [5.41, 5.74) is 6.06. The molecule has 2 N–H and O–H groups in total. The number of primary amides is 1. The Hall–Kier alpha value is -1.80. The lowest BCUT2D eigenvalue weighted by molar-refractivity contribution is 0.210. The fourth-order valence-electron chi connectivity index (χ4n) is 2.67. The monoisotopic (exact) mass is 355 g/mol. The van der Waals surface area contributed by atoms with Crippen LogP contribution in [0.5, 0.6) is 5.75 Å². The molecule has 1 aliphatic rings. The number of ether oxygens (including phenoxy) is 1. The Kier molecular flexibility index (Phi) is 5.71. The second-order valence-electron chi connectivity index (χ2n) is 6.18. The maximum absolute atomic E-state index is 12.9. The molecule has 24 heavy (non-hydrogen) atoms. The molecule has 0 radical (unpaired) electrons. The number of sulfonamides is 1. The first kappa shape index (κ1) is 18.5. The number of benzene rings is 1. The van der Waals surface area contributed by atoms with Crippen LogP contribution in [-0.4, -0.2) is 55.9 Å². The van der Waals surface area contributed by atoms with Gasteiger partial charge in [0.25, 0.3) is 0 Å². The van der Waals surface area contributed by atoms with Crippen molar-refractivity contribution in [2.24, 2.45) is 5.73 Å². The van der Waals surface area contributed by atoms with Crippen LogP contribution >= 0.6 is 0 Å². The summed E-state index contributed by atoms with van der Waals surface area (Å²) >= 11 is 0. The van der Waals surface area contributed by atoms with Gasteiger partial charge in [-0.1, -0.05) is 0 Å². The third kappa shape index (κ3) is 4.18. The van der Waals surface area contributed by atoms with Crippen LogP contribution in [-0.2, 0) is 10.0 Å².